The van der Waals surface area contributed by atoms with Crippen molar-refractivity contribution in [3.63, 3.8) is 0 Å². The molecule has 2 aromatic rings. The van der Waals surface area contributed by atoms with Crippen molar-refractivity contribution < 1.29 is 4.79 Å². The Labute approximate surface area is 111 Å². The van der Waals surface area contributed by atoms with E-state index in [2.05, 4.69) is 5.32 Å². The average Bonchev–Trinajstić information content (AvgIpc) is 2.38. The standard InChI is InChI=1S/C15H15N3O/c1-10-8-11(16)6-7-13(10)18-9-15(19)17-12-4-2-3-5-14(12)18/h2-8H,9,16H2,1H3,(H,17,19). The summed E-state index contributed by atoms with van der Waals surface area (Å²) in [5.41, 5.74) is 10.4. The molecule has 0 saturated carbocycles. The van der Waals surface area contributed by atoms with E-state index in [1.54, 1.807) is 0 Å². The number of nitrogens with zero attached hydrogens (tertiary/aromatic N) is 1. The molecule has 4 nitrogen and oxygen atoms in total. The Balaban J connectivity index is 2.12. The van der Waals surface area contributed by atoms with E-state index in [0.29, 0.717) is 6.54 Å². The van der Waals surface area contributed by atoms with Crippen LogP contribution in [0.4, 0.5) is 22.7 Å². The highest BCUT2D eigenvalue weighted by Gasteiger charge is 2.23. The molecule has 0 aliphatic carbocycles. The number of aryl methyl sites for hydroxylation is 1. The molecule has 1 heterocycles. The number of hydrogen-bond acceptors (Lipinski definition) is 3. The minimum absolute atomic E-state index is 0.00470. The number of para-hydroxylation sites is 2. The van der Waals surface area contributed by atoms with Gasteiger partial charge in [-0.15, -0.1) is 0 Å². The third-order valence-corrected chi connectivity index (χ3v) is 3.28. The lowest BCUT2D eigenvalue weighted by Gasteiger charge is -2.32. The molecule has 1 aliphatic rings. The molecule has 3 N–H and O–H groups in total. The van der Waals surface area contributed by atoms with Gasteiger partial charge in [-0.1, -0.05) is 12.1 Å². The predicted molar refractivity (Wildman–Crippen MR) is 77.7 cm³/mol. The fourth-order valence-electron chi connectivity index (χ4n) is 2.43. The summed E-state index contributed by atoms with van der Waals surface area (Å²) in [4.78, 5) is 13.8. The minimum atomic E-state index is -0.00470. The van der Waals surface area contributed by atoms with E-state index >= 15 is 0 Å². The zero-order chi connectivity index (χ0) is 13.4. The highest BCUT2D eigenvalue weighted by Crippen LogP contribution is 2.36. The number of rotatable bonds is 1. The van der Waals surface area contributed by atoms with E-state index in [1.165, 1.54) is 0 Å². The topological polar surface area (TPSA) is 58.4 Å². The summed E-state index contributed by atoms with van der Waals surface area (Å²) in [5, 5.41) is 2.89. The first-order valence-electron chi connectivity index (χ1n) is 6.18. The molecule has 0 fully saturated rings. The van der Waals surface area contributed by atoms with Crippen LogP contribution < -0.4 is 16.0 Å². The monoisotopic (exact) mass is 253 g/mol. The first-order chi connectivity index (χ1) is 9.15. The summed E-state index contributed by atoms with van der Waals surface area (Å²) in [5.74, 6) is -0.00470. The lowest BCUT2D eigenvalue weighted by atomic mass is 10.1. The molecule has 0 spiro atoms. The van der Waals surface area contributed by atoms with E-state index in [4.69, 9.17) is 5.73 Å². The smallest absolute Gasteiger partial charge is 0.244 e. The van der Waals surface area contributed by atoms with Crippen LogP contribution in [0.2, 0.25) is 0 Å². The van der Waals surface area contributed by atoms with Crippen molar-refractivity contribution in [2.24, 2.45) is 0 Å². The molecule has 1 aliphatic heterocycles. The van der Waals surface area contributed by atoms with Gasteiger partial charge >= 0.3 is 0 Å². The van der Waals surface area contributed by atoms with Gasteiger partial charge in [0, 0.05) is 11.4 Å². The quantitative estimate of drug-likeness (QED) is 0.768. The molecule has 96 valence electrons. The molecule has 1 amide bonds. The maximum atomic E-state index is 11.8. The number of nitrogens with two attached hydrogens (primary N) is 1. The second kappa shape index (κ2) is 4.31. The van der Waals surface area contributed by atoms with Crippen molar-refractivity contribution in [2.45, 2.75) is 6.92 Å². The van der Waals surface area contributed by atoms with Crippen molar-refractivity contribution in [1.82, 2.24) is 0 Å². The lowest BCUT2D eigenvalue weighted by molar-refractivity contribution is -0.115. The number of fused-ring (bicyclic) bond motifs is 1. The van der Waals surface area contributed by atoms with Crippen molar-refractivity contribution >= 4 is 28.7 Å². The Morgan fingerprint density at radius 2 is 1.95 bits per heavy atom. The molecule has 19 heavy (non-hydrogen) atoms. The number of carbonyl (C=O) groups is 1. The summed E-state index contributed by atoms with van der Waals surface area (Å²) < 4.78 is 0. The lowest BCUT2D eigenvalue weighted by Crippen LogP contribution is -2.35. The minimum Gasteiger partial charge on any atom is -0.399 e. The van der Waals surface area contributed by atoms with Crippen LogP contribution >= 0.6 is 0 Å². The van der Waals surface area contributed by atoms with E-state index in [0.717, 1.165) is 28.3 Å². The van der Waals surface area contributed by atoms with E-state index in [9.17, 15) is 4.79 Å². The van der Waals surface area contributed by atoms with Gasteiger partial charge in [0.15, 0.2) is 0 Å². The van der Waals surface area contributed by atoms with Crippen LogP contribution in [0.25, 0.3) is 0 Å². The number of carbonyl (C=O) groups excluding carboxylic acids is 1. The molecule has 4 heteroatoms. The highest BCUT2D eigenvalue weighted by atomic mass is 16.2. The fourth-order valence-corrected chi connectivity index (χ4v) is 2.43. The highest BCUT2D eigenvalue weighted by molar-refractivity contribution is 6.03. The van der Waals surface area contributed by atoms with Gasteiger partial charge in [0.05, 0.1) is 11.4 Å². The second-order valence-corrected chi connectivity index (χ2v) is 4.70. The number of benzene rings is 2. The van der Waals surface area contributed by atoms with Crippen LogP contribution in [0, 0.1) is 6.92 Å². The van der Waals surface area contributed by atoms with Gasteiger partial charge in [0.2, 0.25) is 5.91 Å². The molecule has 0 unspecified atom stereocenters. The molecular weight excluding hydrogens is 238 g/mol. The summed E-state index contributed by atoms with van der Waals surface area (Å²) >= 11 is 0. The Morgan fingerprint density at radius 3 is 2.74 bits per heavy atom. The molecule has 0 atom stereocenters. The second-order valence-electron chi connectivity index (χ2n) is 4.70. The first-order valence-corrected chi connectivity index (χ1v) is 6.18. The first kappa shape index (κ1) is 11.6. The normalized spacial score (nSPS) is 13.9. The van der Waals surface area contributed by atoms with Crippen LogP contribution in [-0.4, -0.2) is 12.5 Å². The van der Waals surface area contributed by atoms with Crippen LogP contribution in [0.5, 0.6) is 0 Å². The zero-order valence-corrected chi connectivity index (χ0v) is 10.7. The third kappa shape index (κ3) is 2.01. The van der Waals surface area contributed by atoms with Gasteiger partial charge in [0.1, 0.15) is 6.54 Å². The Bertz CT molecular complexity index is 652. The van der Waals surface area contributed by atoms with E-state index in [-0.39, 0.29) is 5.91 Å². The van der Waals surface area contributed by atoms with Crippen LogP contribution in [0.15, 0.2) is 42.5 Å². The number of nitrogen functional groups attached to an aromatic ring is 1. The number of anilines is 4. The van der Waals surface area contributed by atoms with Crippen molar-refractivity contribution in [2.75, 3.05) is 22.5 Å². The number of nitrogens with one attached hydrogen (secondary N) is 1. The predicted octanol–water partition coefficient (Wildman–Crippen LogP) is 2.67. The largest absolute Gasteiger partial charge is 0.399 e. The molecule has 0 radical (unpaired) electrons. The Hall–Kier alpha value is -2.49. The molecular formula is C15H15N3O. The molecule has 3 rings (SSSR count). The maximum absolute atomic E-state index is 11.8. The van der Waals surface area contributed by atoms with Gasteiger partial charge in [-0.25, -0.2) is 0 Å². The summed E-state index contributed by atoms with van der Waals surface area (Å²) in [7, 11) is 0. The summed E-state index contributed by atoms with van der Waals surface area (Å²) in [6.45, 7) is 2.32. The van der Waals surface area contributed by atoms with E-state index < -0.39 is 0 Å². The van der Waals surface area contributed by atoms with Crippen molar-refractivity contribution in [1.29, 1.82) is 0 Å². The SMILES string of the molecule is Cc1cc(N)ccc1N1CC(=O)Nc2ccccc21. The molecule has 2 aromatic carbocycles. The zero-order valence-electron chi connectivity index (χ0n) is 10.7. The molecule has 0 saturated heterocycles. The molecule has 0 bridgehead atoms. The van der Waals surface area contributed by atoms with Crippen molar-refractivity contribution in [3.05, 3.63) is 48.0 Å². The fraction of sp³-hybridized carbons (Fsp3) is 0.133. The number of hydrogen-bond donors (Lipinski definition) is 2. The third-order valence-electron chi connectivity index (χ3n) is 3.28. The van der Waals surface area contributed by atoms with Crippen molar-refractivity contribution in [3.8, 4) is 0 Å². The Morgan fingerprint density at radius 1 is 1.16 bits per heavy atom. The van der Waals surface area contributed by atoms with Crippen LogP contribution in [-0.2, 0) is 4.79 Å². The maximum Gasteiger partial charge on any atom is 0.244 e. The van der Waals surface area contributed by atoms with Gasteiger partial charge in [-0.05, 0) is 42.8 Å². The number of amides is 1. The van der Waals surface area contributed by atoms with E-state index in [1.807, 2.05) is 54.3 Å². The van der Waals surface area contributed by atoms with Gasteiger partial charge < -0.3 is 16.0 Å². The van der Waals surface area contributed by atoms with Crippen LogP contribution in [0.1, 0.15) is 5.56 Å². The average molecular weight is 253 g/mol. The Kier molecular flexibility index (Phi) is 2.63. The van der Waals surface area contributed by atoms with Gasteiger partial charge in [0.25, 0.3) is 0 Å². The van der Waals surface area contributed by atoms with Gasteiger partial charge in [-0.2, -0.15) is 0 Å². The van der Waals surface area contributed by atoms with Crippen LogP contribution in [0.3, 0.4) is 0 Å². The summed E-state index contributed by atoms with van der Waals surface area (Å²) in [6, 6.07) is 13.5. The summed E-state index contributed by atoms with van der Waals surface area (Å²) in [6.07, 6.45) is 0. The van der Waals surface area contributed by atoms with Gasteiger partial charge in [-0.3, -0.25) is 4.79 Å². The molecule has 0 aromatic heterocycles.